The topological polar surface area (TPSA) is 39.2 Å². The quantitative estimate of drug-likeness (QED) is 0.540. The van der Waals surface area contributed by atoms with Crippen LogP contribution in [0.25, 0.3) is 10.9 Å². The van der Waals surface area contributed by atoms with E-state index >= 15 is 0 Å². The third kappa shape index (κ3) is 3.31. The zero-order valence-electron chi connectivity index (χ0n) is 12.5. The Morgan fingerprint density at radius 3 is 2.59 bits per heavy atom. The first-order valence-electron chi connectivity index (χ1n) is 7.33. The van der Waals surface area contributed by atoms with Gasteiger partial charge in [-0.1, -0.05) is 42.5 Å². The van der Waals surface area contributed by atoms with Gasteiger partial charge in [0, 0.05) is 18.0 Å². The minimum absolute atomic E-state index is 0.295. The van der Waals surface area contributed by atoms with E-state index in [4.69, 9.17) is 4.74 Å². The maximum absolute atomic E-state index is 11.2. The van der Waals surface area contributed by atoms with Crippen LogP contribution in [0.4, 0.5) is 0 Å². The lowest BCUT2D eigenvalue weighted by atomic mass is 10.1. The number of benzene rings is 2. The molecule has 0 atom stereocenters. The molecule has 1 heterocycles. The van der Waals surface area contributed by atoms with Gasteiger partial charge in [-0.25, -0.2) is 0 Å². The van der Waals surface area contributed by atoms with Crippen molar-refractivity contribution in [1.29, 1.82) is 0 Å². The standard InChI is InChI=1S/C19H17NO2/c1-14(21)22-19-9-5-3-7-16(19)11-13-17-12-10-15-6-2-4-8-18(15)20-17/h2-10,12H,11,13H2,1H3. The van der Waals surface area contributed by atoms with Crippen molar-refractivity contribution >= 4 is 16.9 Å². The first-order valence-corrected chi connectivity index (χ1v) is 7.33. The predicted octanol–water partition coefficient (Wildman–Crippen LogP) is 3.95. The molecule has 0 unspecified atom stereocenters. The highest BCUT2D eigenvalue weighted by atomic mass is 16.5. The van der Waals surface area contributed by atoms with E-state index in [1.165, 1.54) is 6.92 Å². The summed E-state index contributed by atoms with van der Waals surface area (Å²) in [5.41, 5.74) is 3.07. The van der Waals surface area contributed by atoms with Gasteiger partial charge in [-0.15, -0.1) is 0 Å². The van der Waals surface area contributed by atoms with Crippen LogP contribution in [-0.4, -0.2) is 11.0 Å². The third-order valence-electron chi connectivity index (χ3n) is 3.53. The zero-order valence-corrected chi connectivity index (χ0v) is 12.5. The van der Waals surface area contributed by atoms with Crippen molar-refractivity contribution < 1.29 is 9.53 Å². The fourth-order valence-corrected chi connectivity index (χ4v) is 2.47. The molecule has 0 aliphatic carbocycles. The summed E-state index contributed by atoms with van der Waals surface area (Å²) in [6, 6.07) is 19.9. The van der Waals surface area contributed by atoms with Gasteiger partial charge in [0.05, 0.1) is 5.52 Å². The molecule has 1 aromatic heterocycles. The van der Waals surface area contributed by atoms with Gasteiger partial charge in [0.2, 0.25) is 0 Å². The Morgan fingerprint density at radius 1 is 0.955 bits per heavy atom. The summed E-state index contributed by atoms with van der Waals surface area (Å²) in [4.78, 5) is 15.8. The number of pyridine rings is 1. The Bertz CT molecular complexity index is 811. The Kier molecular flexibility index (Phi) is 4.15. The largest absolute Gasteiger partial charge is 0.426 e. The Morgan fingerprint density at radius 2 is 1.73 bits per heavy atom. The number of carbonyl (C=O) groups is 1. The number of carbonyl (C=O) groups excluding carboxylic acids is 1. The smallest absolute Gasteiger partial charge is 0.308 e. The Hall–Kier alpha value is -2.68. The summed E-state index contributed by atoms with van der Waals surface area (Å²) in [6.45, 7) is 1.42. The van der Waals surface area contributed by atoms with Gasteiger partial charge < -0.3 is 4.74 Å². The summed E-state index contributed by atoms with van der Waals surface area (Å²) in [7, 11) is 0. The van der Waals surface area contributed by atoms with Crippen molar-refractivity contribution in [3.63, 3.8) is 0 Å². The highest BCUT2D eigenvalue weighted by Gasteiger charge is 2.06. The monoisotopic (exact) mass is 291 g/mol. The molecule has 3 rings (SSSR count). The van der Waals surface area contributed by atoms with Crippen LogP contribution >= 0.6 is 0 Å². The van der Waals surface area contributed by atoms with E-state index in [1.54, 1.807) is 0 Å². The molecule has 0 aliphatic rings. The van der Waals surface area contributed by atoms with Crippen LogP contribution in [-0.2, 0) is 17.6 Å². The van der Waals surface area contributed by atoms with Crippen molar-refractivity contribution in [2.24, 2.45) is 0 Å². The molecule has 3 heteroatoms. The summed E-state index contributed by atoms with van der Waals surface area (Å²) in [6.07, 6.45) is 1.60. The zero-order chi connectivity index (χ0) is 15.4. The van der Waals surface area contributed by atoms with Crippen LogP contribution in [0.2, 0.25) is 0 Å². The van der Waals surface area contributed by atoms with Crippen molar-refractivity contribution in [2.75, 3.05) is 0 Å². The second-order valence-corrected chi connectivity index (χ2v) is 5.20. The Balaban J connectivity index is 1.77. The number of hydrogen-bond donors (Lipinski definition) is 0. The van der Waals surface area contributed by atoms with Gasteiger partial charge >= 0.3 is 5.97 Å². The maximum atomic E-state index is 11.2. The average Bonchev–Trinajstić information content (AvgIpc) is 2.53. The second kappa shape index (κ2) is 6.39. The lowest BCUT2D eigenvalue weighted by Crippen LogP contribution is -2.04. The molecule has 110 valence electrons. The second-order valence-electron chi connectivity index (χ2n) is 5.20. The molecule has 0 aliphatic heterocycles. The molecule has 0 amide bonds. The van der Waals surface area contributed by atoms with Crippen molar-refractivity contribution in [3.8, 4) is 5.75 Å². The van der Waals surface area contributed by atoms with Crippen LogP contribution < -0.4 is 4.74 Å². The molecule has 0 radical (unpaired) electrons. The molecule has 0 N–H and O–H groups in total. The maximum Gasteiger partial charge on any atom is 0.308 e. The van der Waals surface area contributed by atoms with Crippen LogP contribution in [0.15, 0.2) is 60.7 Å². The van der Waals surface area contributed by atoms with Gasteiger partial charge in [-0.3, -0.25) is 9.78 Å². The normalized spacial score (nSPS) is 10.6. The van der Waals surface area contributed by atoms with Gasteiger partial charge in [-0.05, 0) is 36.6 Å². The molecule has 0 fully saturated rings. The fourth-order valence-electron chi connectivity index (χ4n) is 2.47. The van der Waals surface area contributed by atoms with Gasteiger partial charge in [-0.2, -0.15) is 0 Å². The van der Waals surface area contributed by atoms with E-state index in [0.717, 1.165) is 35.0 Å². The molecular weight excluding hydrogens is 274 g/mol. The van der Waals surface area contributed by atoms with Crippen LogP contribution in [0.3, 0.4) is 0 Å². The molecule has 3 nitrogen and oxygen atoms in total. The molecule has 0 spiro atoms. The van der Waals surface area contributed by atoms with E-state index < -0.39 is 0 Å². The Labute approximate surface area is 129 Å². The molecule has 0 bridgehead atoms. The van der Waals surface area contributed by atoms with E-state index in [0.29, 0.717) is 5.75 Å². The summed E-state index contributed by atoms with van der Waals surface area (Å²) < 4.78 is 5.24. The number of fused-ring (bicyclic) bond motifs is 1. The van der Waals surface area contributed by atoms with Crippen molar-refractivity contribution in [2.45, 2.75) is 19.8 Å². The van der Waals surface area contributed by atoms with E-state index in [1.807, 2.05) is 42.5 Å². The van der Waals surface area contributed by atoms with Crippen LogP contribution in [0.1, 0.15) is 18.2 Å². The van der Waals surface area contributed by atoms with E-state index in [2.05, 4.69) is 23.2 Å². The molecule has 3 aromatic rings. The first kappa shape index (κ1) is 14.3. The summed E-state index contributed by atoms with van der Waals surface area (Å²) in [5.74, 6) is 0.340. The third-order valence-corrected chi connectivity index (χ3v) is 3.53. The number of aryl methyl sites for hydroxylation is 2. The minimum atomic E-state index is -0.295. The fraction of sp³-hybridized carbons (Fsp3) is 0.158. The SMILES string of the molecule is CC(=O)Oc1ccccc1CCc1ccc2ccccc2n1. The number of nitrogens with zero attached hydrogens (tertiary/aromatic N) is 1. The van der Waals surface area contributed by atoms with Gasteiger partial charge in [0.15, 0.2) is 0 Å². The first-order chi connectivity index (χ1) is 10.7. The number of para-hydroxylation sites is 2. The van der Waals surface area contributed by atoms with Crippen molar-refractivity contribution in [3.05, 3.63) is 71.9 Å². The highest BCUT2D eigenvalue weighted by molar-refractivity contribution is 5.78. The number of hydrogen-bond acceptors (Lipinski definition) is 3. The summed E-state index contributed by atoms with van der Waals surface area (Å²) in [5, 5.41) is 1.14. The minimum Gasteiger partial charge on any atom is -0.426 e. The number of ether oxygens (including phenoxy) is 1. The van der Waals surface area contributed by atoms with E-state index in [9.17, 15) is 4.79 Å². The highest BCUT2D eigenvalue weighted by Crippen LogP contribution is 2.20. The number of aromatic nitrogens is 1. The van der Waals surface area contributed by atoms with E-state index in [-0.39, 0.29) is 5.97 Å². The lowest BCUT2D eigenvalue weighted by Gasteiger charge is -2.08. The van der Waals surface area contributed by atoms with Gasteiger partial charge in [0.25, 0.3) is 0 Å². The lowest BCUT2D eigenvalue weighted by molar-refractivity contribution is -0.131. The van der Waals surface area contributed by atoms with Crippen molar-refractivity contribution in [1.82, 2.24) is 4.98 Å². The molecule has 0 saturated carbocycles. The molecular formula is C19H17NO2. The average molecular weight is 291 g/mol. The predicted molar refractivity (Wildman–Crippen MR) is 86.9 cm³/mol. The van der Waals surface area contributed by atoms with Gasteiger partial charge in [0.1, 0.15) is 5.75 Å². The van der Waals surface area contributed by atoms with Crippen LogP contribution in [0.5, 0.6) is 5.75 Å². The number of esters is 1. The molecule has 2 aromatic carbocycles. The molecule has 22 heavy (non-hydrogen) atoms. The van der Waals surface area contributed by atoms with Crippen LogP contribution in [0, 0.1) is 0 Å². The summed E-state index contributed by atoms with van der Waals surface area (Å²) >= 11 is 0. The number of rotatable bonds is 4. The molecule has 0 saturated heterocycles.